The van der Waals surface area contributed by atoms with E-state index in [1.54, 1.807) is 11.8 Å². The van der Waals surface area contributed by atoms with Gasteiger partial charge in [0.2, 0.25) is 5.91 Å². The van der Waals surface area contributed by atoms with Crippen LogP contribution in [-0.4, -0.2) is 46.0 Å². The van der Waals surface area contributed by atoms with Gasteiger partial charge in [-0.05, 0) is 19.1 Å². The number of carbonyl (C=O) groups excluding carboxylic acids is 1. The first-order valence-electron chi connectivity index (χ1n) is 5.11. The van der Waals surface area contributed by atoms with E-state index in [2.05, 4.69) is 0 Å². The van der Waals surface area contributed by atoms with E-state index in [9.17, 15) is 9.59 Å². The molecule has 0 spiro atoms. The summed E-state index contributed by atoms with van der Waals surface area (Å²) in [5, 5.41) is 9.18. The number of likely N-dealkylation sites (tertiary alicyclic amines) is 1. The molecule has 1 aliphatic rings. The van der Waals surface area contributed by atoms with Crippen molar-refractivity contribution in [3.63, 3.8) is 0 Å². The molecule has 1 aliphatic heterocycles. The van der Waals surface area contributed by atoms with E-state index >= 15 is 0 Å². The topological polar surface area (TPSA) is 57.6 Å². The van der Waals surface area contributed by atoms with Crippen molar-refractivity contribution in [2.75, 3.05) is 12.8 Å². The Morgan fingerprint density at radius 2 is 2.27 bits per heavy atom. The maximum absolute atomic E-state index is 11.8. The zero-order valence-electron chi connectivity index (χ0n) is 9.10. The fourth-order valence-corrected chi connectivity index (χ4v) is 2.08. The molecular formula is C10H17NO3S. The zero-order valence-corrected chi connectivity index (χ0v) is 9.92. The van der Waals surface area contributed by atoms with Crippen LogP contribution in [-0.2, 0) is 9.59 Å². The lowest BCUT2D eigenvalue weighted by Crippen LogP contribution is -2.41. The Morgan fingerprint density at radius 3 is 2.80 bits per heavy atom. The third-order valence-corrected chi connectivity index (χ3v) is 3.69. The van der Waals surface area contributed by atoms with Crippen molar-refractivity contribution in [1.82, 2.24) is 4.90 Å². The molecule has 1 saturated heterocycles. The van der Waals surface area contributed by atoms with Gasteiger partial charge in [-0.15, -0.1) is 0 Å². The van der Waals surface area contributed by atoms with Crippen LogP contribution in [0.15, 0.2) is 0 Å². The molecule has 0 bridgehead atoms. The predicted octanol–water partition coefficient (Wildman–Crippen LogP) is 1.20. The minimum absolute atomic E-state index is 0.0262. The Bertz CT molecular complexity index is 257. The van der Waals surface area contributed by atoms with Crippen molar-refractivity contribution in [2.45, 2.75) is 37.5 Å². The Balaban J connectivity index is 2.55. The molecule has 1 fully saturated rings. The van der Waals surface area contributed by atoms with Crippen LogP contribution >= 0.6 is 11.8 Å². The highest BCUT2D eigenvalue weighted by Gasteiger charge is 2.33. The number of amides is 1. The van der Waals surface area contributed by atoms with Crippen LogP contribution < -0.4 is 0 Å². The normalized spacial score (nSPS) is 22.8. The van der Waals surface area contributed by atoms with Gasteiger partial charge < -0.3 is 10.0 Å². The minimum atomic E-state index is -0.877. The average molecular weight is 231 g/mol. The summed E-state index contributed by atoms with van der Waals surface area (Å²) in [6, 6.07) is -0.591. The van der Waals surface area contributed by atoms with Crippen LogP contribution in [0.4, 0.5) is 0 Å². The van der Waals surface area contributed by atoms with E-state index in [1.165, 1.54) is 4.90 Å². The summed E-state index contributed by atoms with van der Waals surface area (Å²) in [6.45, 7) is 2.57. The quantitative estimate of drug-likeness (QED) is 0.790. The molecule has 86 valence electrons. The number of rotatable bonds is 4. The summed E-state index contributed by atoms with van der Waals surface area (Å²) in [7, 11) is 0. The van der Waals surface area contributed by atoms with Crippen LogP contribution in [0.3, 0.4) is 0 Å². The van der Waals surface area contributed by atoms with Gasteiger partial charge in [-0.3, -0.25) is 4.79 Å². The average Bonchev–Trinajstić information content (AvgIpc) is 2.65. The van der Waals surface area contributed by atoms with Gasteiger partial charge in [0.25, 0.3) is 0 Å². The van der Waals surface area contributed by atoms with Crippen molar-refractivity contribution in [1.29, 1.82) is 0 Å². The summed E-state index contributed by atoms with van der Waals surface area (Å²) in [6.07, 6.45) is 3.78. The van der Waals surface area contributed by atoms with Gasteiger partial charge in [-0.1, -0.05) is 6.92 Å². The molecule has 0 saturated carbocycles. The molecule has 1 heterocycles. The van der Waals surface area contributed by atoms with Crippen LogP contribution in [0.5, 0.6) is 0 Å². The van der Waals surface area contributed by atoms with E-state index in [0.29, 0.717) is 19.4 Å². The molecular weight excluding hydrogens is 214 g/mol. The molecule has 0 aliphatic carbocycles. The first kappa shape index (κ1) is 12.4. The van der Waals surface area contributed by atoms with Gasteiger partial charge in [0.1, 0.15) is 6.04 Å². The summed E-state index contributed by atoms with van der Waals surface area (Å²) in [5.74, 6) is -0.903. The van der Waals surface area contributed by atoms with E-state index in [-0.39, 0.29) is 11.2 Å². The Morgan fingerprint density at radius 1 is 1.60 bits per heavy atom. The van der Waals surface area contributed by atoms with Crippen molar-refractivity contribution < 1.29 is 14.7 Å². The Kier molecular flexibility index (Phi) is 4.45. The predicted molar refractivity (Wildman–Crippen MR) is 60.0 cm³/mol. The molecule has 0 aromatic carbocycles. The fraction of sp³-hybridized carbons (Fsp3) is 0.800. The van der Waals surface area contributed by atoms with Gasteiger partial charge in [-0.2, -0.15) is 11.8 Å². The molecule has 1 N–H and O–H groups in total. The van der Waals surface area contributed by atoms with Crippen molar-refractivity contribution in [2.24, 2.45) is 0 Å². The number of carboxylic acid groups (broad SMARTS) is 1. The second-order valence-corrected chi connectivity index (χ2v) is 5.11. The SMILES string of the molecule is CSC(C)CC(=O)N1CCCC1C(=O)O. The molecule has 4 nitrogen and oxygen atoms in total. The number of carboxylic acids is 1. The third kappa shape index (κ3) is 3.12. The second-order valence-electron chi connectivity index (χ2n) is 3.83. The molecule has 0 aromatic heterocycles. The van der Waals surface area contributed by atoms with Crippen LogP contribution in [0.2, 0.25) is 0 Å². The highest BCUT2D eigenvalue weighted by Crippen LogP contribution is 2.20. The largest absolute Gasteiger partial charge is 0.480 e. The summed E-state index contributed by atoms with van der Waals surface area (Å²) < 4.78 is 0. The van der Waals surface area contributed by atoms with E-state index < -0.39 is 12.0 Å². The monoisotopic (exact) mass is 231 g/mol. The van der Waals surface area contributed by atoms with Crippen molar-refractivity contribution in [3.05, 3.63) is 0 Å². The van der Waals surface area contributed by atoms with Gasteiger partial charge in [0, 0.05) is 18.2 Å². The molecule has 2 unspecified atom stereocenters. The standard InChI is InChI=1S/C10H17NO3S/c1-7(15-2)6-9(12)11-5-3-4-8(11)10(13)14/h7-8H,3-6H2,1-2H3,(H,13,14). The smallest absolute Gasteiger partial charge is 0.326 e. The molecule has 0 radical (unpaired) electrons. The van der Waals surface area contributed by atoms with Gasteiger partial charge in [0.05, 0.1) is 0 Å². The highest BCUT2D eigenvalue weighted by molar-refractivity contribution is 7.99. The highest BCUT2D eigenvalue weighted by atomic mass is 32.2. The summed E-state index contributed by atoms with van der Waals surface area (Å²) in [4.78, 5) is 24.2. The number of hydrogen-bond donors (Lipinski definition) is 1. The maximum atomic E-state index is 11.8. The number of thioether (sulfide) groups is 1. The molecule has 1 amide bonds. The fourth-order valence-electron chi connectivity index (χ4n) is 1.77. The molecule has 15 heavy (non-hydrogen) atoms. The number of hydrogen-bond acceptors (Lipinski definition) is 3. The number of aliphatic carboxylic acids is 1. The van der Waals surface area contributed by atoms with E-state index in [4.69, 9.17) is 5.11 Å². The van der Waals surface area contributed by atoms with Crippen LogP contribution in [0.25, 0.3) is 0 Å². The first-order chi connectivity index (χ1) is 7.06. The minimum Gasteiger partial charge on any atom is -0.480 e. The van der Waals surface area contributed by atoms with E-state index in [0.717, 1.165) is 6.42 Å². The Hall–Kier alpha value is -0.710. The number of carbonyl (C=O) groups is 2. The van der Waals surface area contributed by atoms with Crippen LogP contribution in [0, 0.1) is 0 Å². The van der Waals surface area contributed by atoms with E-state index in [1.807, 2.05) is 13.2 Å². The summed E-state index contributed by atoms with van der Waals surface area (Å²) in [5.41, 5.74) is 0. The van der Waals surface area contributed by atoms with Gasteiger partial charge in [-0.25, -0.2) is 4.79 Å². The third-order valence-electron chi connectivity index (χ3n) is 2.72. The van der Waals surface area contributed by atoms with Crippen LogP contribution in [0.1, 0.15) is 26.2 Å². The molecule has 2 atom stereocenters. The lowest BCUT2D eigenvalue weighted by Gasteiger charge is -2.22. The second kappa shape index (κ2) is 5.39. The molecule has 0 aromatic rings. The summed E-state index contributed by atoms with van der Waals surface area (Å²) >= 11 is 1.63. The van der Waals surface area contributed by atoms with Gasteiger partial charge in [0.15, 0.2) is 0 Å². The maximum Gasteiger partial charge on any atom is 0.326 e. The van der Waals surface area contributed by atoms with Crippen molar-refractivity contribution in [3.8, 4) is 0 Å². The Labute approximate surface area is 94.0 Å². The molecule has 1 rings (SSSR count). The first-order valence-corrected chi connectivity index (χ1v) is 6.40. The molecule has 5 heteroatoms. The lowest BCUT2D eigenvalue weighted by molar-refractivity contribution is -0.148. The number of nitrogens with zero attached hydrogens (tertiary/aromatic N) is 1. The van der Waals surface area contributed by atoms with Gasteiger partial charge >= 0.3 is 5.97 Å². The zero-order chi connectivity index (χ0) is 11.4. The lowest BCUT2D eigenvalue weighted by atomic mass is 10.2. The van der Waals surface area contributed by atoms with Crippen molar-refractivity contribution >= 4 is 23.6 Å².